The lowest BCUT2D eigenvalue weighted by atomic mass is 10.0. The quantitative estimate of drug-likeness (QED) is 0.758. The summed E-state index contributed by atoms with van der Waals surface area (Å²) in [5.41, 5.74) is 1.50. The monoisotopic (exact) mass is 292 g/mol. The van der Waals surface area contributed by atoms with Crippen molar-refractivity contribution in [2.24, 2.45) is 0 Å². The zero-order chi connectivity index (χ0) is 15.1. The fraction of sp³-hybridized carbons (Fsp3) is 0.750. The van der Waals surface area contributed by atoms with E-state index in [4.69, 9.17) is 0 Å². The Bertz CT molecular complexity index is 443. The highest BCUT2D eigenvalue weighted by Crippen LogP contribution is 2.16. The van der Waals surface area contributed by atoms with Crippen LogP contribution in [0.1, 0.15) is 62.1 Å². The Morgan fingerprint density at radius 3 is 3.05 bits per heavy atom. The molecule has 2 N–H and O–H groups in total. The third-order valence-corrected chi connectivity index (χ3v) is 4.34. The first-order valence-corrected chi connectivity index (χ1v) is 8.27. The molecule has 2 rings (SSSR count). The van der Waals surface area contributed by atoms with Crippen LogP contribution in [-0.2, 0) is 6.42 Å². The summed E-state index contributed by atoms with van der Waals surface area (Å²) in [5, 5.41) is 9.84. The van der Waals surface area contributed by atoms with Crippen LogP contribution in [0.4, 0.5) is 0 Å². The van der Waals surface area contributed by atoms with Crippen molar-refractivity contribution in [1.82, 2.24) is 20.4 Å². The van der Waals surface area contributed by atoms with Crippen molar-refractivity contribution in [3.63, 3.8) is 0 Å². The number of carbonyl (C=O) groups is 1. The van der Waals surface area contributed by atoms with Crippen molar-refractivity contribution in [1.29, 1.82) is 0 Å². The van der Waals surface area contributed by atoms with Gasteiger partial charge in [-0.15, -0.1) is 0 Å². The molecule has 0 aromatic carbocycles. The number of carbonyl (C=O) groups excluding carboxylic acids is 1. The normalized spacial score (nSPS) is 19.6. The Kier molecular flexibility index (Phi) is 6.23. The molecular weight excluding hydrogens is 264 g/mol. The van der Waals surface area contributed by atoms with E-state index >= 15 is 0 Å². The Labute approximate surface area is 127 Å². The number of unbranched alkanes of at least 4 members (excludes halogenated alkanes) is 1. The number of nitrogens with zero attached hydrogens (tertiary/aromatic N) is 2. The van der Waals surface area contributed by atoms with Crippen molar-refractivity contribution < 1.29 is 4.79 Å². The molecule has 0 spiro atoms. The summed E-state index contributed by atoms with van der Waals surface area (Å²) in [6, 6.07) is 2.55. The van der Waals surface area contributed by atoms with Crippen LogP contribution in [0.25, 0.3) is 0 Å². The molecule has 1 aromatic rings. The van der Waals surface area contributed by atoms with Gasteiger partial charge in [0.2, 0.25) is 0 Å². The molecule has 1 aliphatic heterocycles. The second-order valence-electron chi connectivity index (χ2n) is 5.98. The summed E-state index contributed by atoms with van der Waals surface area (Å²) >= 11 is 0. The number of likely N-dealkylation sites (tertiary alicyclic amines) is 1. The van der Waals surface area contributed by atoms with Crippen LogP contribution in [0.15, 0.2) is 6.07 Å². The topological polar surface area (TPSA) is 61.0 Å². The summed E-state index contributed by atoms with van der Waals surface area (Å²) in [7, 11) is 0. The lowest BCUT2D eigenvalue weighted by Crippen LogP contribution is -2.38. The minimum atomic E-state index is -0.0720. The molecule has 0 aliphatic carbocycles. The lowest BCUT2D eigenvalue weighted by Gasteiger charge is -2.33. The molecule has 1 atom stereocenters. The molecular formula is C16H28N4O. The molecule has 2 heterocycles. The van der Waals surface area contributed by atoms with Gasteiger partial charge in [0.15, 0.2) is 0 Å². The second kappa shape index (κ2) is 8.17. The highest BCUT2D eigenvalue weighted by molar-refractivity contribution is 5.92. The van der Waals surface area contributed by atoms with Crippen molar-refractivity contribution in [2.45, 2.75) is 58.4 Å². The van der Waals surface area contributed by atoms with E-state index in [1.54, 1.807) is 0 Å². The van der Waals surface area contributed by atoms with Gasteiger partial charge in [0, 0.05) is 18.3 Å². The van der Waals surface area contributed by atoms with Crippen LogP contribution in [0.5, 0.6) is 0 Å². The molecule has 0 bridgehead atoms. The van der Waals surface area contributed by atoms with E-state index in [1.807, 2.05) is 13.0 Å². The molecule has 1 unspecified atom stereocenters. The van der Waals surface area contributed by atoms with Gasteiger partial charge in [-0.1, -0.05) is 13.3 Å². The molecule has 1 aromatic heterocycles. The lowest BCUT2D eigenvalue weighted by molar-refractivity contribution is 0.0946. The molecule has 1 amide bonds. The van der Waals surface area contributed by atoms with E-state index in [0.29, 0.717) is 5.69 Å². The zero-order valence-corrected chi connectivity index (χ0v) is 13.3. The minimum absolute atomic E-state index is 0.0720. The first kappa shape index (κ1) is 16.0. The summed E-state index contributed by atoms with van der Waals surface area (Å²) < 4.78 is 0. The fourth-order valence-corrected chi connectivity index (χ4v) is 2.88. The van der Waals surface area contributed by atoms with Gasteiger partial charge < -0.3 is 10.2 Å². The largest absolute Gasteiger partial charge is 0.351 e. The maximum absolute atomic E-state index is 11.9. The number of aryl methyl sites for hydroxylation is 1. The van der Waals surface area contributed by atoms with E-state index in [0.717, 1.165) is 44.1 Å². The molecule has 5 nitrogen and oxygen atoms in total. The van der Waals surface area contributed by atoms with Gasteiger partial charge in [-0.25, -0.2) is 0 Å². The molecule has 0 radical (unpaired) electrons. The number of aromatic nitrogens is 2. The predicted octanol–water partition coefficient (Wildman–Crippen LogP) is 2.36. The molecule has 1 saturated heterocycles. The van der Waals surface area contributed by atoms with Gasteiger partial charge >= 0.3 is 0 Å². The van der Waals surface area contributed by atoms with Gasteiger partial charge in [0.25, 0.3) is 5.91 Å². The summed E-state index contributed by atoms with van der Waals surface area (Å²) in [6.45, 7) is 7.48. The third-order valence-electron chi connectivity index (χ3n) is 4.34. The van der Waals surface area contributed by atoms with Gasteiger partial charge in [-0.05, 0) is 58.2 Å². The Morgan fingerprint density at radius 2 is 2.33 bits per heavy atom. The average Bonchev–Trinajstić information content (AvgIpc) is 2.97. The van der Waals surface area contributed by atoms with Crippen LogP contribution in [0.2, 0.25) is 0 Å². The molecule has 5 heteroatoms. The van der Waals surface area contributed by atoms with Gasteiger partial charge in [-0.2, -0.15) is 5.10 Å². The smallest absolute Gasteiger partial charge is 0.271 e. The zero-order valence-electron chi connectivity index (χ0n) is 13.3. The first-order chi connectivity index (χ1) is 10.2. The number of H-pyrrole nitrogens is 1. The van der Waals surface area contributed by atoms with Crippen LogP contribution in [-0.4, -0.2) is 46.7 Å². The molecule has 0 saturated carbocycles. The van der Waals surface area contributed by atoms with Crippen LogP contribution >= 0.6 is 0 Å². The van der Waals surface area contributed by atoms with Crippen molar-refractivity contribution in [3.05, 3.63) is 17.5 Å². The maximum Gasteiger partial charge on any atom is 0.271 e. The summed E-state index contributed by atoms with van der Waals surface area (Å²) in [5.74, 6) is -0.0720. The molecule has 118 valence electrons. The summed E-state index contributed by atoms with van der Waals surface area (Å²) in [4.78, 5) is 14.5. The standard InChI is InChI=1S/C16H28N4O/c1-3-14-12-15(19-18-14)16(21)17-9-5-7-11-20-10-6-4-8-13(20)2/h12-13H,3-11H2,1-2H3,(H,17,21)(H,18,19). The number of amides is 1. The van der Waals surface area contributed by atoms with Crippen molar-refractivity contribution in [2.75, 3.05) is 19.6 Å². The first-order valence-electron chi connectivity index (χ1n) is 8.27. The van der Waals surface area contributed by atoms with E-state index < -0.39 is 0 Å². The maximum atomic E-state index is 11.9. The number of hydrogen-bond donors (Lipinski definition) is 2. The highest BCUT2D eigenvalue weighted by Gasteiger charge is 2.17. The second-order valence-corrected chi connectivity index (χ2v) is 5.98. The number of nitrogens with one attached hydrogen (secondary N) is 2. The van der Waals surface area contributed by atoms with Gasteiger partial charge in [0.1, 0.15) is 5.69 Å². The highest BCUT2D eigenvalue weighted by atomic mass is 16.1. The predicted molar refractivity (Wildman–Crippen MR) is 84.4 cm³/mol. The number of piperidine rings is 1. The van der Waals surface area contributed by atoms with Crippen molar-refractivity contribution >= 4 is 5.91 Å². The van der Waals surface area contributed by atoms with E-state index in [9.17, 15) is 4.79 Å². The Morgan fingerprint density at radius 1 is 1.48 bits per heavy atom. The van der Waals surface area contributed by atoms with Crippen LogP contribution in [0, 0.1) is 0 Å². The molecule has 21 heavy (non-hydrogen) atoms. The third kappa shape index (κ3) is 4.84. The minimum Gasteiger partial charge on any atom is -0.351 e. The summed E-state index contributed by atoms with van der Waals surface area (Å²) in [6.07, 6.45) is 7.08. The van der Waals surface area contributed by atoms with E-state index in [2.05, 4.69) is 27.3 Å². The number of aromatic amines is 1. The Hall–Kier alpha value is -1.36. The number of hydrogen-bond acceptors (Lipinski definition) is 3. The van der Waals surface area contributed by atoms with Crippen molar-refractivity contribution in [3.8, 4) is 0 Å². The number of rotatable bonds is 7. The van der Waals surface area contributed by atoms with Gasteiger partial charge in [-0.3, -0.25) is 9.89 Å². The molecule has 1 aliphatic rings. The average molecular weight is 292 g/mol. The Balaban J connectivity index is 1.60. The van der Waals surface area contributed by atoms with Crippen LogP contribution < -0.4 is 5.32 Å². The van der Waals surface area contributed by atoms with Crippen LogP contribution in [0.3, 0.4) is 0 Å². The fourth-order valence-electron chi connectivity index (χ4n) is 2.88. The molecule has 1 fully saturated rings. The van der Waals surface area contributed by atoms with E-state index in [1.165, 1.54) is 25.8 Å². The van der Waals surface area contributed by atoms with E-state index in [-0.39, 0.29) is 5.91 Å². The van der Waals surface area contributed by atoms with Gasteiger partial charge in [0.05, 0.1) is 0 Å². The SMILES string of the molecule is CCc1cc(C(=O)NCCCCN2CCCCC2C)n[nH]1.